The van der Waals surface area contributed by atoms with Crippen molar-refractivity contribution in [2.45, 2.75) is 24.6 Å². The summed E-state index contributed by atoms with van der Waals surface area (Å²) in [5, 5.41) is 0. The number of benzene rings is 1. The van der Waals surface area contributed by atoms with E-state index in [2.05, 4.69) is 4.98 Å². The highest BCUT2D eigenvalue weighted by molar-refractivity contribution is 5.61. The van der Waals surface area contributed by atoms with Crippen LogP contribution in [0.1, 0.15) is 24.0 Å². The van der Waals surface area contributed by atoms with Crippen molar-refractivity contribution >= 4 is 0 Å². The molecule has 0 unspecified atom stereocenters. The van der Waals surface area contributed by atoms with Crippen molar-refractivity contribution in [1.82, 2.24) is 4.98 Å². The van der Waals surface area contributed by atoms with Gasteiger partial charge in [-0.1, -0.05) is 12.1 Å². The maximum Gasteiger partial charge on any atom is 0.416 e. The van der Waals surface area contributed by atoms with E-state index in [9.17, 15) is 13.2 Å². The van der Waals surface area contributed by atoms with Gasteiger partial charge in [0.25, 0.3) is 0 Å². The third kappa shape index (κ3) is 2.41. The van der Waals surface area contributed by atoms with Crippen LogP contribution in [0.25, 0.3) is 11.3 Å². The Kier molecular flexibility index (Phi) is 2.83. The number of pyridine rings is 1. The lowest BCUT2D eigenvalue weighted by atomic mass is 10.0. The summed E-state index contributed by atoms with van der Waals surface area (Å²) >= 11 is 0. The number of hydrogen-bond donors (Lipinski definition) is 1. The summed E-state index contributed by atoms with van der Waals surface area (Å²) in [7, 11) is 0. The summed E-state index contributed by atoms with van der Waals surface area (Å²) in [6.45, 7) is 0. The lowest BCUT2D eigenvalue weighted by Crippen LogP contribution is -2.18. The topological polar surface area (TPSA) is 38.9 Å². The molecule has 0 radical (unpaired) electrons. The van der Waals surface area contributed by atoms with Crippen molar-refractivity contribution in [2.24, 2.45) is 5.73 Å². The lowest BCUT2D eigenvalue weighted by Gasteiger charge is -2.11. The molecule has 0 spiro atoms. The predicted molar refractivity (Wildman–Crippen MR) is 69.8 cm³/mol. The van der Waals surface area contributed by atoms with Gasteiger partial charge in [-0.3, -0.25) is 4.98 Å². The molecule has 0 atom stereocenters. The Morgan fingerprint density at radius 1 is 1.05 bits per heavy atom. The van der Waals surface area contributed by atoms with Crippen LogP contribution in [0.4, 0.5) is 13.2 Å². The van der Waals surface area contributed by atoms with E-state index in [1.807, 2.05) is 12.1 Å². The highest BCUT2D eigenvalue weighted by Gasteiger charge is 2.40. The van der Waals surface area contributed by atoms with Crippen LogP contribution in [0.2, 0.25) is 0 Å². The van der Waals surface area contributed by atoms with Gasteiger partial charge >= 0.3 is 6.18 Å². The largest absolute Gasteiger partial charge is 0.416 e. The summed E-state index contributed by atoms with van der Waals surface area (Å²) in [5.74, 6) is 0. The number of alkyl halides is 3. The Labute approximate surface area is 114 Å². The van der Waals surface area contributed by atoms with Gasteiger partial charge in [0.15, 0.2) is 0 Å². The normalized spacial score (nSPS) is 17.0. The van der Waals surface area contributed by atoms with Gasteiger partial charge in [0.05, 0.1) is 11.3 Å². The molecule has 0 aliphatic heterocycles. The highest BCUT2D eigenvalue weighted by Crippen LogP contribution is 2.43. The Balaban J connectivity index is 1.93. The maximum absolute atomic E-state index is 12.5. The minimum Gasteiger partial charge on any atom is -0.321 e. The smallest absolute Gasteiger partial charge is 0.321 e. The molecule has 3 rings (SSSR count). The molecule has 5 heteroatoms. The molecular weight excluding hydrogens is 265 g/mol. The summed E-state index contributed by atoms with van der Waals surface area (Å²) in [6, 6.07) is 8.73. The van der Waals surface area contributed by atoms with E-state index >= 15 is 0 Å². The van der Waals surface area contributed by atoms with Gasteiger partial charge in [-0.05, 0) is 42.7 Å². The van der Waals surface area contributed by atoms with Crippen molar-refractivity contribution < 1.29 is 13.2 Å². The van der Waals surface area contributed by atoms with E-state index < -0.39 is 11.7 Å². The molecule has 104 valence electrons. The second-order valence-corrected chi connectivity index (χ2v) is 5.16. The van der Waals surface area contributed by atoms with Crippen molar-refractivity contribution in [1.29, 1.82) is 0 Å². The molecule has 2 aromatic rings. The first-order valence-electron chi connectivity index (χ1n) is 6.32. The fourth-order valence-electron chi connectivity index (χ4n) is 2.15. The van der Waals surface area contributed by atoms with Gasteiger partial charge < -0.3 is 5.73 Å². The fourth-order valence-corrected chi connectivity index (χ4v) is 2.15. The molecular formula is C15H13F3N2. The zero-order chi connectivity index (χ0) is 14.4. The minimum atomic E-state index is -4.32. The Morgan fingerprint density at radius 3 is 2.25 bits per heavy atom. The highest BCUT2D eigenvalue weighted by atomic mass is 19.4. The molecule has 0 amide bonds. The molecule has 1 saturated carbocycles. The monoisotopic (exact) mass is 278 g/mol. The molecule has 1 aliphatic rings. The first-order chi connectivity index (χ1) is 9.38. The molecule has 2 nitrogen and oxygen atoms in total. The lowest BCUT2D eigenvalue weighted by molar-refractivity contribution is -0.137. The summed E-state index contributed by atoms with van der Waals surface area (Å²) in [6.07, 6.45) is -0.800. The van der Waals surface area contributed by atoms with Crippen LogP contribution in [0.15, 0.2) is 42.6 Å². The molecule has 20 heavy (non-hydrogen) atoms. The number of rotatable bonds is 2. The van der Waals surface area contributed by atoms with Gasteiger partial charge in [-0.2, -0.15) is 13.2 Å². The maximum atomic E-state index is 12.5. The Morgan fingerprint density at radius 2 is 1.70 bits per heavy atom. The van der Waals surface area contributed by atoms with Crippen LogP contribution in [0.3, 0.4) is 0 Å². The number of aromatic nitrogens is 1. The van der Waals surface area contributed by atoms with E-state index in [4.69, 9.17) is 5.73 Å². The van der Waals surface area contributed by atoms with Crippen LogP contribution in [-0.2, 0) is 11.7 Å². The molecule has 1 fully saturated rings. The van der Waals surface area contributed by atoms with Gasteiger partial charge in [-0.15, -0.1) is 0 Å². The molecule has 1 aromatic carbocycles. The van der Waals surface area contributed by atoms with E-state index in [0.29, 0.717) is 11.3 Å². The van der Waals surface area contributed by atoms with Gasteiger partial charge in [-0.25, -0.2) is 0 Å². The van der Waals surface area contributed by atoms with E-state index in [-0.39, 0.29) is 5.54 Å². The average molecular weight is 278 g/mol. The van der Waals surface area contributed by atoms with Gasteiger partial charge in [0.2, 0.25) is 0 Å². The van der Waals surface area contributed by atoms with E-state index in [1.54, 1.807) is 6.20 Å². The number of hydrogen-bond acceptors (Lipinski definition) is 2. The first-order valence-corrected chi connectivity index (χ1v) is 6.32. The summed E-state index contributed by atoms with van der Waals surface area (Å²) < 4.78 is 37.6. The van der Waals surface area contributed by atoms with Crippen molar-refractivity contribution in [3.05, 3.63) is 53.7 Å². The summed E-state index contributed by atoms with van der Waals surface area (Å²) in [5.41, 5.74) is 7.48. The number of halogens is 3. The zero-order valence-electron chi connectivity index (χ0n) is 10.6. The predicted octanol–water partition coefficient (Wildman–Crippen LogP) is 3.72. The van der Waals surface area contributed by atoms with Gasteiger partial charge in [0.1, 0.15) is 0 Å². The number of nitrogens with zero attached hydrogens (tertiary/aromatic N) is 1. The van der Waals surface area contributed by atoms with Gasteiger partial charge in [0, 0.05) is 17.3 Å². The third-order valence-corrected chi connectivity index (χ3v) is 3.63. The van der Waals surface area contributed by atoms with Crippen LogP contribution < -0.4 is 5.73 Å². The van der Waals surface area contributed by atoms with E-state index in [1.165, 1.54) is 12.1 Å². The molecule has 0 saturated heterocycles. The van der Waals surface area contributed by atoms with Crippen LogP contribution in [0, 0.1) is 0 Å². The van der Waals surface area contributed by atoms with Crippen molar-refractivity contribution in [2.75, 3.05) is 0 Å². The fraction of sp³-hybridized carbons (Fsp3) is 0.267. The first kappa shape index (κ1) is 13.1. The number of nitrogens with two attached hydrogens (primary N) is 1. The van der Waals surface area contributed by atoms with Crippen molar-refractivity contribution in [3.8, 4) is 11.3 Å². The Hall–Kier alpha value is -1.88. The second-order valence-electron chi connectivity index (χ2n) is 5.16. The molecule has 1 aliphatic carbocycles. The third-order valence-electron chi connectivity index (χ3n) is 3.63. The molecule has 1 heterocycles. The molecule has 2 N–H and O–H groups in total. The quantitative estimate of drug-likeness (QED) is 0.909. The zero-order valence-corrected chi connectivity index (χ0v) is 10.6. The van der Waals surface area contributed by atoms with Crippen LogP contribution in [0.5, 0.6) is 0 Å². The minimum absolute atomic E-state index is 0.274. The van der Waals surface area contributed by atoms with Crippen LogP contribution >= 0.6 is 0 Å². The SMILES string of the molecule is NC1(c2ccnc(-c3ccc(C(F)(F)F)cc3)c2)CC1. The van der Waals surface area contributed by atoms with Crippen LogP contribution in [-0.4, -0.2) is 4.98 Å². The second kappa shape index (κ2) is 4.31. The summed E-state index contributed by atoms with van der Waals surface area (Å²) in [4.78, 5) is 4.21. The standard InChI is InChI=1S/C15H13F3N2/c16-15(17,18)11-3-1-10(2-4-11)13-9-12(5-8-20-13)14(19)6-7-14/h1-5,8-9H,6-7,19H2. The average Bonchev–Trinajstić information content (AvgIpc) is 3.18. The molecule has 1 aromatic heterocycles. The van der Waals surface area contributed by atoms with E-state index in [0.717, 1.165) is 30.5 Å². The Bertz CT molecular complexity index is 628. The van der Waals surface area contributed by atoms with Crippen molar-refractivity contribution in [3.63, 3.8) is 0 Å². The molecule has 0 bridgehead atoms.